The number of quaternary nitrogens is 1. The zero-order chi connectivity index (χ0) is 27.8. The summed E-state index contributed by atoms with van der Waals surface area (Å²) in [6.07, 6.45) is 8.29. The van der Waals surface area contributed by atoms with Gasteiger partial charge in [-0.15, -0.1) is 0 Å². The molecule has 2 rings (SSSR count). The minimum absolute atomic E-state index is 0.00174. The third kappa shape index (κ3) is 9.79. The van der Waals surface area contributed by atoms with Crippen molar-refractivity contribution in [1.29, 1.82) is 0 Å². The third-order valence-corrected chi connectivity index (χ3v) is 7.57. The lowest BCUT2D eigenvalue weighted by Gasteiger charge is -2.38. The Labute approximate surface area is 231 Å². The summed E-state index contributed by atoms with van der Waals surface area (Å²) < 4.78 is 6.98. The fraction of sp³-hybridized carbons (Fsp3) is 0.562. The quantitative estimate of drug-likeness (QED) is 0.168. The molecule has 0 aliphatic carbocycles. The zero-order valence-corrected chi connectivity index (χ0v) is 24.4. The maximum Gasteiger partial charge on any atom is 0.259 e. The van der Waals surface area contributed by atoms with Crippen LogP contribution in [0.2, 0.25) is 0 Å². The number of hydrogen-bond acceptors (Lipinski definition) is 3. The number of benzene rings is 2. The summed E-state index contributed by atoms with van der Waals surface area (Å²) in [6.45, 7) is 14.5. The third-order valence-electron chi connectivity index (χ3n) is 7.57. The Balaban J connectivity index is 1.92. The lowest BCUT2D eigenvalue weighted by Crippen LogP contribution is -2.52. The van der Waals surface area contributed by atoms with Gasteiger partial charge in [0.25, 0.3) is 11.8 Å². The first-order chi connectivity index (χ1) is 18.4. The molecule has 6 nitrogen and oxygen atoms in total. The van der Waals surface area contributed by atoms with Crippen molar-refractivity contribution in [3.05, 3.63) is 59.7 Å². The summed E-state index contributed by atoms with van der Waals surface area (Å²) >= 11 is 0. The van der Waals surface area contributed by atoms with Crippen molar-refractivity contribution in [2.75, 3.05) is 51.7 Å². The van der Waals surface area contributed by atoms with Crippen LogP contribution in [0.5, 0.6) is 5.75 Å². The fourth-order valence-electron chi connectivity index (χ4n) is 4.87. The zero-order valence-electron chi connectivity index (χ0n) is 24.4. The molecule has 0 fully saturated rings. The van der Waals surface area contributed by atoms with Crippen LogP contribution in [0.15, 0.2) is 48.5 Å². The van der Waals surface area contributed by atoms with E-state index in [1.807, 2.05) is 25.2 Å². The summed E-state index contributed by atoms with van der Waals surface area (Å²) in [5.41, 5.74) is 1.78. The van der Waals surface area contributed by atoms with Crippen LogP contribution in [0.4, 0.5) is 5.69 Å². The van der Waals surface area contributed by atoms with Gasteiger partial charge in [0.05, 0.1) is 44.9 Å². The number of nitrogens with one attached hydrogen (secondary N) is 1. The molecule has 0 radical (unpaired) electrons. The topological polar surface area (TPSA) is 58.6 Å². The first-order valence-electron chi connectivity index (χ1n) is 14.6. The molecule has 6 heteroatoms. The van der Waals surface area contributed by atoms with Gasteiger partial charge in [0, 0.05) is 18.3 Å². The Morgan fingerprint density at radius 3 is 2.13 bits per heavy atom. The second-order valence-corrected chi connectivity index (χ2v) is 10.3. The molecule has 0 saturated carbocycles. The molecule has 0 spiro atoms. The Hall–Kier alpha value is -2.86. The second kappa shape index (κ2) is 16.9. The molecule has 1 N–H and O–H groups in total. The molecule has 2 aromatic carbocycles. The van der Waals surface area contributed by atoms with Gasteiger partial charge in [-0.3, -0.25) is 9.59 Å². The van der Waals surface area contributed by atoms with E-state index in [1.54, 1.807) is 35.2 Å². The van der Waals surface area contributed by atoms with Crippen molar-refractivity contribution >= 4 is 17.5 Å². The molecule has 0 aromatic heterocycles. The lowest BCUT2D eigenvalue weighted by atomic mass is 10.1. The van der Waals surface area contributed by atoms with Gasteiger partial charge in [0.1, 0.15) is 5.75 Å². The molecule has 0 aliphatic rings. The average Bonchev–Trinajstić information content (AvgIpc) is 2.95. The van der Waals surface area contributed by atoms with Gasteiger partial charge in [0.15, 0.2) is 0 Å². The van der Waals surface area contributed by atoms with E-state index in [0.29, 0.717) is 35.7 Å². The Morgan fingerprint density at radius 1 is 0.816 bits per heavy atom. The predicted octanol–water partition coefficient (Wildman–Crippen LogP) is 7.02. The first-order valence-corrected chi connectivity index (χ1v) is 14.6. The van der Waals surface area contributed by atoms with Crippen LogP contribution in [0.1, 0.15) is 93.4 Å². The van der Waals surface area contributed by atoms with Crippen LogP contribution < -0.4 is 10.1 Å². The highest BCUT2D eigenvalue weighted by Gasteiger charge is 2.24. The summed E-state index contributed by atoms with van der Waals surface area (Å²) in [6, 6.07) is 14.5. The Morgan fingerprint density at radius 2 is 1.47 bits per heavy atom. The number of carbonyl (C=O) groups is 2. The SMILES string of the molecule is CCCCCCCCOc1ccccc1C(=O)Nc1ccc(C(=O)N(C)CC[N+](CC)(CC)CCC)cc1. The van der Waals surface area contributed by atoms with Crippen LogP contribution >= 0.6 is 0 Å². The molecule has 38 heavy (non-hydrogen) atoms. The molecule has 0 bridgehead atoms. The van der Waals surface area contributed by atoms with Crippen molar-refractivity contribution in [2.24, 2.45) is 0 Å². The number of unbranched alkanes of at least 4 members (excludes halogenated alkanes) is 5. The predicted molar refractivity (Wildman–Crippen MR) is 158 cm³/mol. The summed E-state index contributed by atoms with van der Waals surface area (Å²) in [5.74, 6) is 0.380. The van der Waals surface area contributed by atoms with E-state index < -0.39 is 0 Å². The number of likely N-dealkylation sites (N-methyl/N-ethyl adjacent to an activating group) is 2. The smallest absolute Gasteiger partial charge is 0.259 e. The van der Waals surface area contributed by atoms with E-state index in [0.717, 1.165) is 49.9 Å². The summed E-state index contributed by atoms with van der Waals surface area (Å²) in [4.78, 5) is 27.8. The van der Waals surface area contributed by atoms with Crippen molar-refractivity contribution in [3.63, 3.8) is 0 Å². The van der Waals surface area contributed by atoms with Gasteiger partial charge < -0.3 is 19.4 Å². The monoisotopic (exact) mass is 524 g/mol. The van der Waals surface area contributed by atoms with Gasteiger partial charge >= 0.3 is 0 Å². The van der Waals surface area contributed by atoms with E-state index >= 15 is 0 Å². The van der Waals surface area contributed by atoms with E-state index in [-0.39, 0.29) is 11.8 Å². The van der Waals surface area contributed by atoms with Gasteiger partial charge in [0.2, 0.25) is 0 Å². The van der Waals surface area contributed by atoms with Crippen molar-refractivity contribution in [1.82, 2.24) is 4.90 Å². The number of carbonyl (C=O) groups excluding carboxylic acids is 2. The molecule has 0 heterocycles. The van der Waals surface area contributed by atoms with E-state index in [1.165, 1.54) is 25.7 Å². The number of nitrogens with zero attached hydrogens (tertiary/aromatic N) is 2. The largest absolute Gasteiger partial charge is 0.493 e. The highest BCUT2D eigenvalue weighted by Crippen LogP contribution is 2.21. The molecule has 0 saturated heterocycles. The molecule has 210 valence electrons. The van der Waals surface area contributed by atoms with Gasteiger partial charge in [-0.1, -0.05) is 58.1 Å². The Kier molecular flexibility index (Phi) is 13.9. The number of amides is 2. The highest BCUT2D eigenvalue weighted by molar-refractivity contribution is 6.06. The molecule has 0 unspecified atom stereocenters. The Bertz CT molecular complexity index is 970. The summed E-state index contributed by atoms with van der Waals surface area (Å²) in [5, 5.41) is 2.95. The van der Waals surface area contributed by atoms with Gasteiger partial charge in [-0.2, -0.15) is 0 Å². The number of para-hydroxylation sites is 1. The van der Waals surface area contributed by atoms with Crippen molar-refractivity contribution in [2.45, 2.75) is 72.6 Å². The van der Waals surface area contributed by atoms with Crippen molar-refractivity contribution < 1.29 is 18.8 Å². The van der Waals surface area contributed by atoms with Gasteiger partial charge in [-0.25, -0.2) is 0 Å². The lowest BCUT2D eigenvalue weighted by molar-refractivity contribution is -0.924. The molecule has 0 aliphatic heterocycles. The fourth-order valence-corrected chi connectivity index (χ4v) is 4.87. The highest BCUT2D eigenvalue weighted by atomic mass is 16.5. The van der Waals surface area contributed by atoms with Crippen molar-refractivity contribution in [3.8, 4) is 5.75 Å². The van der Waals surface area contributed by atoms with E-state index in [9.17, 15) is 9.59 Å². The number of ether oxygens (including phenoxy) is 1. The molecule has 2 aromatic rings. The van der Waals surface area contributed by atoms with Crippen LogP contribution in [0, 0.1) is 0 Å². The standard InChI is InChI=1S/C32H49N3O3/c1-6-10-11-12-13-16-26-38-30-18-15-14-17-29(30)31(36)33-28-21-19-27(20-22-28)32(37)34(5)23-25-35(8-3,9-4)24-7-2/h14-15,17-22H,6-13,16,23-26H2,1-5H3/p+1. The molecular weight excluding hydrogens is 474 g/mol. The normalized spacial score (nSPS) is 11.3. The maximum absolute atomic E-state index is 13.0. The molecule has 2 amide bonds. The number of rotatable bonds is 18. The average molecular weight is 525 g/mol. The first kappa shape index (κ1) is 31.4. The van der Waals surface area contributed by atoms with Crippen LogP contribution in [-0.4, -0.2) is 67.6 Å². The van der Waals surface area contributed by atoms with Crippen LogP contribution in [-0.2, 0) is 0 Å². The number of hydrogen-bond donors (Lipinski definition) is 1. The van der Waals surface area contributed by atoms with Crippen LogP contribution in [0.3, 0.4) is 0 Å². The number of anilines is 1. The molecule has 0 atom stereocenters. The minimum Gasteiger partial charge on any atom is -0.493 e. The summed E-state index contributed by atoms with van der Waals surface area (Å²) in [7, 11) is 1.87. The minimum atomic E-state index is -0.219. The van der Waals surface area contributed by atoms with E-state index in [4.69, 9.17) is 4.74 Å². The molecular formula is C32H50N3O3+. The second-order valence-electron chi connectivity index (χ2n) is 10.3. The van der Waals surface area contributed by atoms with E-state index in [2.05, 4.69) is 33.0 Å². The van der Waals surface area contributed by atoms with Crippen LogP contribution in [0.25, 0.3) is 0 Å². The van der Waals surface area contributed by atoms with Gasteiger partial charge in [-0.05, 0) is 63.1 Å². The maximum atomic E-state index is 13.0.